The number of hydrogen-bond donors (Lipinski definition) is 0. The summed E-state index contributed by atoms with van der Waals surface area (Å²) in [6.07, 6.45) is 0.821. The van der Waals surface area contributed by atoms with Crippen LogP contribution in [0.4, 0.5) is 0 Å². The van der Waals surface area contributed by atoms with Gasteiger partial charge in [0.05, 0.1) is 14.0 Å². The van der Waals surface area contributed by atoms with E-state index in [0.29, 0.717) is 0 Å². The SMILES string of the molecule is CC1=C([O-])OC1(Cc1ccccc1)[Si](C)(C)C.[Li+]. The molecule has 0 saturated heterocycles. The summed E-state index contributed by atoms with van der Waals surface area (Å²) in [4.78, 5) is 0. The van der Waals surface area contributed by atoms with Crippen LogP contribution in [0.25, 0.3) is 0 Å². The molecule has 2 rings (SSSR count). The molecule has 2 nitrogen and oxygen atoms in total. The van der Waals surface area contributed by atoms with Crippen molar-refractivity contribution >= 4 is 8.07 Å². The summed E-state index contributed by atoms with van der Waals surface area (Å²) in [5.74, 6) is -0.122. The third kappa shape index (κ3) is 2.40. The van der Waals surface area contributed by atoms with E-state index < -0.39 is 8.07 Å². The van der Waals surface area contributed by atoms with Crippen molar-refractivity contribution < 1.29 is 28.7 Å². The van der Waals surface area contributed by atoms with Crippen LogP contribution in [0.5, 0.6) is 0 Å². The molecule has 0 N–H and O–H groups in total. The summed E-state index contributed by atoms with van der Waals surface area (Å²) < 4.78 is 5.59. The summed E-state index contributed by atoms with van der Waals surface area (Å²) in [5.41, 5.74) is 2.14. The number of hydrogen-bond acceptors (Lipinski definition) is 2. The van der Waals surface area contributed by atoms with Gasteiger partial charge in [-0.2, -0.15) is 0 Å². The molecule has 0 amide bonds. The number of rotatable bonds is 3. The molecule has 0 radical (unpaired) electrons. The van der Waals surface area contributed by atoms with Crippen molar-refractivity contribution in [3.05, 3.63) is 47.4 Å². The van der Waals surface area contributed by atoms with Gasteiger partial charge in [-0.3, -0.25) is 0 Å². The molecule has 1 aliphatic rings. The summed E-state index contributed by atoms with van der Waals surface area (Å²) in [7, 11) is -1.59. The van der Waals surface area contributed by atoms with Crippen molar-refractivity contribution in [3.63, 3.8) is 0 Å². The molecule has 0 spiro atoms. The first-order chi connectivity index (χ1) is 7.87. The molecule has 0 aromatic heterocycles. The first-order valence-electron chi connectivity index (χ1n) is 5.98. The van der Waals surface area contributed by atoms with Crippen LogP contribution in [0, 0.1) is 0 Å². The number of ether oxygens (including phenoxy) is 1. The molecular formula is C14H19LiO2Si. The average Bonchev–Trinajstić information content (AvgIpc) is 2.27. The van der Waals surface area contributed by atoms with Gasteiger partial charge in [-0.25, -0.2) is 0 Å². The van der Waals surface area contributed by atoms with Gasteiger partial charge in [0, 0.05) is 5.22 Å². The molecule has 1 unspecified atom stereocenters. The van der Waals surface area contributed by atoms with E-state index >= 15 is 0 Å². The van der Waals surface area contributed by atoms with Crippen molar-refractivity contribution in [1.29, 1.82) is 0 Å². The van der Waals surface area contributed by atoms with Crippen molar-refractivity contribution in [2.24, 2.45) is 0 Å². The zero-order valence-corrected chi connectivity index (χ0v) is 12.9. The van der Waals surface area contributed by atoms with E-state index in [1.807, 2.05) is 25.1 Å². The minimum absolute atomic E-state index is 0. The zero-order chi connectivity index (χ0) is 12.7. The molecule has 1 aromatic carbocycles. The van der Waals surface area contributed by atoms with E-state index in [1.54, 1.807) is 0 Å². The Morgan fingerprint density at radius 1 is 1.17 bits per heavy atom. The predicted molar refractivity (Wildman–Crippen MR) is 70.0 cm³/mol. The minimum atomic E-state index is -1.59. The van der Waals surface area contributed by atoms with Gasteiger partial charge >= 0.3 is 18.9 Å². The fourth-order valence-electron chi connectivity index (χ4n) is 2.46. The maximum Gasteiger partial charge on any atom is 1.00 e. The van der Waals surface area contributed by atoms with Gasteiger partial charge in [0.15, 0.2) is 0 Å². The largest absolute Gasteiger partial charge is 1.00 e. The standard InChI is InChI=1S/C14H20O2Si.Li/c1-11-13(15)16-14(11,17(2,3)4)10-12-8-6-5-7-9-12;/h5-9,15H,10H2,1-4H3;/q;+1/p-1. The van der Waals surface area contributed by atoms with Crippen molar-refractivity contribution in [3.8, 4) is 0 Å². The van der Waals surface area contributed by atoms with Gasteiger partial charge in [-0.05, 0) is 24.5 Å². The molecule has 1 aliphatic heterocycles. The molecule has 18 heavy (non-hydrogen) atoms. The van der Waals surface area contributed by atoms with Crippen LogP contribution in [0.15, 0.2) is 41.9 Å². The van der Waals surface area contributed by atoms with Crippen LogP contribution < -0.4 is 24.0 Å². The van der Waals surface area contributed by atoms with Gasteiger partial charge in [-0.1, -0.05) is 50.0 Å². The fourth-order valence-corrected chi connectivity index (χ4v) is 4.82. The van der Waals surface area contributed by atoms with Crippen LogP contribution in [0.2, 0.25) is 19.6 Å². The Balaban J connectivity index is 0.00000162. The Morgan fingerprint density at radius 2 is 1.72 bits per heavy atom. The molecule has 1 atom stereocenters. The normalized spacial score (nSPS) is 22.9. The summed E-state index contributed by atoms with van der Waals surface area (Å²) in [6, 6.07) is 10.3. The predicted octanol–water partition coefficient (Wildman–Crippen LogP) is -0.529. The maximum absolute atomic E-state index is 11.4. The third-order valence-corrected chi connectivity index (χ3v) is 6.76. The molecule has 4 heteroatoms. The Hall–Kier alpha value is -0.626. The Morgan fingerprint density at radius 3 is 2.11 bits per heavy atom. The van der Waals surface area contributed by atoms with Gasteiger partial charge in [0.1, 0.15) is 0 Å². The fraction of sp³-hybridized carbons (Fsp3) is 0.429. The van der Waals surface area contributed by atoms with E-state index in [1.165, 1.54) is 5.56 Å². The van der Waals surface area contributed by atoms with Crippen molar-refractivity contribution in [2.45, 2.75) is 38.2 Å². The third-order valence-electron chi connectivity index (χ3n) is 3.69. The van der Waals surface area contributed by atoms with Gasteiger partial charge < -0.3 is 9.84 Å². The van der Waals surface area contributed by atoms with Crippen molar-refractivity contribution in [1.82, 2.24) is 0 Å². The van der Waals surface area contributed by atoms with Crippen molar-refractivity contribution in [2.75, 3.05) is 0 Å². The monoisotopic (exact) mass is 254 g/mol. The molecule has 0 fully saturated rings. The van der Waals surface area contributed by atoms with E-state index in [-0.39, 0.29) is 30.0 Å². The topological polar surface area (TPSA) is 32.3 Å². The molecular weight excluding hydrogens is 235 g/mol. The Kier molecular flexibility index (Phi) is 4.43. The van der Waals surface area contributed by atoms with Gasteiger partial charge in [0.2, 0.25) is 0 Å². The second-order valence-corrected chi connectivity index (χ2v) is 11.1. The van der Waals surface area contributed by atoms with E-state index in [9.17, 15) is 5.11 Å². The van der Waals surface area contributed by atoms with Gasteiger partial charge in [-0.15, -0.1) is 0 Å². The summed E-state index contributed by atoms with van der Waals surface area (Å²) in [6.45, 7) is 8.69. The van der Waals surface area contributed by atoms with Gasteiger partial charge in [0.25, 0.3) is 0 Å². The summed E-state index contributed by atoms with van der Waals surface area (Å²) >= 11 is 0. The molecule has 92 valence electrons. The molecule has 1 aromatic rings. The minimum Gasteiger partial charge on any atom is -0.605 e. The second kappa shape index (κ2) is 5.16. The quantitative estimate of drug-likeness (QED) is 0.679. The van der Waals surface area contributed by atoms with E-state index in [4.69, 9.17) is 4.74 Å². The molecule has 1 heterocycles. The summed E-state index contributed by atoms with van der Waals surface area (Å²) in [5, 5.41) is 11.1. The first-order valence-corrected chi connectivity index (χ1v) is 9.48. The van der Waals surface area contributed by atoms with Crippen LogP contribution >= 0.6 is 0 Å². The Bertz CT molecular complexity index is 451. The Labute approximate surface area is 122 Å². The second-order valence-electron chi connectivity index (χ2n) is 5.75. The molecule has 0 saturated carbocycles. The number of benzene rings is 1. The van der Waals surface area contributed by atoms with E-state index in [2.05, 4.69) is 31.8 Å². The smallest absolute Gasteiger partial charge is 0.605 e. The maximum atomic E-state index is 11.4. The first kappa shape index (κ1) is 15.4. The van der Waals surface area contributed by atoms with Crippen LogP contribution in [-0.4, -0.2) is 13.3 Å². The molecule has 0 bridgehead atoms. The van der Waals surface area contributed by atoms with E-state index in [0.717, 1.165) is 12.0 Å². The van der Waals surface area contributed by atoms with Crippen LogP contribution in [0.1, 0.15) is 12.5 Å². The molecule has 0 aliphatic carbocycles. The van der Waals surface area contributed by atoms with Crippen LogP contribution in [0.3, 0.4) is 0 Å². The average molecular weight is 254 g/mol. The van der Waals surface area contributed by atoms with Crippen LogP contribution in [-0.2, 0) is 11.2 Å². The zero-order valence-electron chi connectivity index (χ0n) is 11.9.